The minimum Gasteiger partial charge on any atom is -0.338 e. The molecule has 28 heavy (non-hydrogen) atoms. The molecule has 1 aliphatic rings. The van der Waals surface area contributed by atoms with Crippen LogP contribution >= 0.6 is 15.9 Å². The Morgan fingerprint density at radius 2 is 1.32 bits per heavy atom. The van der Waals surface area contributed by atoms with Crippen LogP contribution in [0.3, 0.4) is 0 Å². The molecule has 0 radical (unpaired) electrons. The Labute approximate surface area is 173 Å². The van der Waals surface area contributed by atoms with Crippen LogP contribution in [0.4, 0.5) is 5.95 Å². The molecule has 1 fully saturated rings. The fourth-order valence-corrected chi connectivity index (χ4v) is 3.75. The number of benzene rings is 2. The van der Waals surface area contributed by atoms with E-state index in [2.05, 4.69) is 30.8 Å². The predicted octanol–water partition coefficient (Wildman–Crippen LogP) is 3.72. The Bertz CT molecular complexity index is 871. The highest BCUT2D eigenvalue weighted by molar-refractivity contribution is 9.10. The van der Waals surface area contributed by atoms with Crippen LogP contribution in [0.25, 0.3) is 0 Å². The van der Waals surface area contributed by atoms with Crippen LogP contribution < -0.4 is 4.90 Å². The van der Waals surface area contributed by atoms with Gasteiger partial charge in [0.2, 0.25) is 11.9 Å². The normalized spacial score (nSPS) is 14.4. The van der Waals surface area contributed by atoms with E-state index in [0.717, 1.165) is 28.7 Å². The summed E-state index contributed by atoms with van der Waals surface area (Å²) < 4.78 is 0.860. The van der Waals surface area contributed by atoms with Crippen molar-refractivity contribution in [1.29, 1.82) is 0 Å². The molecule has 2 aromatic carbocycles. The lowest BCUT2D eigenvalue weighted by atomic mass is 9.90. The van der Waals surface area contributed by atoms with Crippen molar-refractivity contribution in [3.63, 3.8) is 0 Å². The summed E-state index contributed by atoms with van der Waals surface area (Å²) in [4.78, 5) is 26.3. The van der Waals surface area contributed by atoms with Gasteiger partial charge >= 0.3 is 0 Å². The van der Waals surface area contributed by atoms with Crippen LogP contribution in [0.5, 0.6) is 0 Å². The molecule has 3 aromatic rings. The van der Waals surface area contributed by atoms with Crippen molar-refractivity contribution < 1.29 is 4.79 Å². The maximum atomic E-state index is 13.5. The fraction of sp³-hybridized carbons (Fsp3) is 0.227. The van der Waals surface area contributed by atoms with E-state index in [1.807, 2.05) is 65.6 Å². The van der Waals surface area contributed by atoms with Crippen LogP contribution in [0.2, 0.25) is 0 Å². The maximum absolute atomic E-state index is 13.5. The van der Waals surface area contributed by atoms with Crippen LogP contribution in [0.15, 0.2) is 77.5 Å². The molecule has 0 atom stereocenters. The zero-order valence-electron chi connectivity index (χ0n) is 15.4. The van der Waals surface area contributed by atoms with Crippen LogP contribution in [0.1, 0.15) is 17.0 Å². The first-order valence-corrected chi connectivity index (χ1v) is 10.1. The van der Waals surface area contributed by atoms with E-state index in [9.17, 15) is 4.79 Å². The summed E-state index contributed by atoms with van der Waals surface area (Å²) >= 11 is 3.36. The average Bonchev–Trinajstić information content (AvgIpc) is 2.76. The van der Waals surface area contributed by atoms with Gasteiger partial charge in [0.25, 0.3) is 0 Å². The van der Waals surface area contributed by atoms with E-state index >= 15 is 0 Å². The van der Waals surface area contributed by atoms with Gasteiger partial charge in [0.1, 0.15) is 0 Å². The zero-order valence-corrected chi connectivity index (χ0v) is 17.0. The number of hydrogen-bond acceptors (Lipinski definition) is 4. The Hall–Kier alpha value is -2.73. The minimum atomic E-state index is -0.280. The van der Waals surface area contributed by atoms with Crippen molar-refractivity contribution in [2.75, 3.05) is 31.1 Å². The Morgan fingerprint density at radius 3 is 1.82 bits per heavy atom. The lowest BCUT2D eigenvalue weighted by Gasteiger charge is -2.36. The molecule has 0 bridgehead atoms. The van der Waals surface area contributed by atoms with E-state index in [0.29, 0.717) is 19.0 Å². The van der Waals surface area contributed by atoms with Gasteiger partial charge in [0, 0.05) is 38.6 Å². The first-order chi connectivity index (χ1) is 13.7. The highest BCUT2D eigenvalue weighted by Crippen LogP contribution is 2.27. The topological polar surface area (TPSA) is 49.3 Å². The summed E-state index contributed by atoms with van der Waals surface area (Å²) in [5.74, 6) is 0.574. The molecule has 2 heterocycles. The summed E-state index contributed by atoms with van der Waals surface area (Å²) in [6.45, 7) is 2.77. The molecule has 142 valence electrons. The predicted molar refractivity (Wildman–Crippen MR) is 113 cm³/mol. The molecule has 0 unspecified atom stereocenters. The largest absolute Gasteiger partial charge is 0.338 e. The van der Waals surface area contributed by atoms with Crippen molar-refractivity contribution in [3.05, 3.63) is 88.7 Å². The molecule has 4 rings (SSSR count). The lowest BCUT2D eigenvalue weighted by molar-refractivity contribution is -0.132. The first-order valence-electron chi connectivity index (χ1n) is 9.33. The zero-order chi connectivity index (χ0) is 19.3. The maximum Gasteiger partial charge on any atom is 0.234 e. The summed E-state index contributed by atoms with van der Waals surface area (Å²) in [5.41, 5.74) is 2.05. The molecule has 6 heteroatoms. The first kappa shape index (κ1) is 18.6. The molecular weight excluding hydrogens is 416 g/mol. The molecule has 0 spiro atoms. The SMILES string of the molecule is O=C(C(c1ccccc1)c1ccccc1)N1CCN(c2ncc(Br)cn2)CC1. The number of carbonyl (C=O) groups is 1. The van der Waals surface area contributed by atoms with E-state index in [1.165, 1.54) is 0 Å². The van der Waals surface area contributed by atoms with Gasteiger partial charge in [-0.3, -0.25) is 4.79 Å². The van der Waals surface area contributed by atoms with E-state index in [4.69, 9.17) is 0 Å². The molecule has 1 saturated heterocycles. The smallest absolute Gasteiger partial charge is 0.234 e. The van der Waals surface area contributed by atoms with Crippen LogP contribution in [-0.2, 0) is 4.79 Å². The number of piperazine rings is 1. The number of aromatic nitrogens is 2. The van der Waals surface area contributed by atoms with Gasteiger partial charge in [-0.15, -0.1) is 0 Å². The molecule has 0 saturated carbocycles. The molecule has 1 aliphatic heterocycles. The number of halogens is 1. The minimum absolute atomic E-state index is 0.147. The van der Waals surface area contributed by atoms with Crippen molar-refractivity contribution in [3.8, 4) is 0 Å². The fourth-order valence-electron chi connectivity index (χ4n) is 3.55. The van der Waals surface area contributed by atoms with Crippen LogP contribution in [0, 0.1) is 0 Å². The van der Waals surface area contributed by atoms with Crippen molar-refractivity contribution in [2.45, 2.75) is 5.92 Å². The summed E-state index contributed by atoms with van der Waals surface area (Å²) in [5, 5.41) is 0. The second-order valence-electron chi connectivity index (χ2n) is 6.77. The molecule has 5 nitrogen and oxygen atoms in total. The van der Waals surface area contributed by atoms with Crippen molar-refractivity contribution in [1.82, 2.24) is 14.9 Å². The second-order valence-corrected chi connectivity index (χ2v) is 7.68. The summed E-state index contributed by atoms with van der Waals surface area (Å²) in [6, 6.07) is 20.0. The van der Waals surface area contributed by atoms with Crippen LogP contribution in [-0.4, -0.2) is 47.0 Å². The van der Waals surface area contributed by atoms with Crippen molar-refractivity contribution in [2.24, 2.45) is 0 Å². The monoisotopic (exact) mass is 436 g/mol. The van der Waals surface area contributed by atoms with Gasteiger partial charge in [-0.25, -0.2) is 9.97 Å². The highest BCUT2D eigenvalue weighted by atomic mass is 79.9. The van der Waals surface area contributed by atoms with Gasteiger partial charge in [0.15, 0.2) is 0 Å². The third kappa shape index (κ3) is 4.07. The number of rotatable bonds is 4. The molecule has 0 N–H and O–H groups in total. The molecule has 1 amide bonds. The number of amides is 1. The third-order valence-electron chi connectivity index (χ3n) is 4.99. The molecular formula is C22H21BrN4O. The van der Waals surface area contributed by atoms with Gasteiger partial charge in [0.05, 0.1) is 10.4 Å². The number of anilines is 1. The highest BCUT2D eigenvalue weighted by Gasteiger charge is 2.30. The summed E-state index contributed by atoms with van der Waals surface area (Å²) in [7, 11) is 0. The van der Waals surface area contributed by atoms with Gasteiger partial charge in [-0.05, 0) is 27.1 Å². The Balaban J connectivity index is 1.51. The molecule has 1 aromatic heterocycles. The van der Waals surface area contributed by atoms with E-state index in [-0.39, 0.29) is 11.8 Å². The number of carbonyl (C=O) groups excluding carboxylic acids is 1. The van der Waals surface area contributed by atoms with E-state index in [1.54, 1.807) is 12.4 Å². The Morgan fingerprint density at radius 1 is 0.821 bits per heavy atom. The quantitative estimate of drug-likeness (QED) is 0.625. The average molecular weight is 437 g/mol. The number of nitrogens with zero attached hydrogens (tertiary/aromatic N) is 4. The lowest BCUT2D eigenvalue weighted by Crippen LogP contribution is -2.50. The second kappa shape index (κ2) is 8.52. The van der Waals surface area contributed by atoms with Crippen molar-refractivity contribution >= 4 is 27.8 Å². The van der Waals surface area contributed by atoms with E-state index < -0.39 is 0 Å². The van der Waals surface area contributed by atoms with Gasteiger partial charge in [-0.2, -0.15) is 0 Å². The van der Waals surface area contributed by atoms with Gasteiger partial charge < -0.3 is 9.80 Å². The number of hydrogen-bond donors (Lipinski definition) is 0. The third-order valence-corrected chi connectivity index (χ3v) is 5.40. The standard InChI is InChI=1S/C22H21BrN4O/c23-19-15-24-22(25-16-19)27-13-11-26(12-14-27)21(28)20(17-7-3-1-4-8-17)18-9-5-2-6-10-18/h1-10,15-16,20H,11-14H2. The molecule has 0 aliphatic carbocycles. The Kier molecular flexibility index (Phi) is 5.67. The van der Waals surface area contributed by atoms with Gasteiger partial charge in [-0.1, -0.05) is 60.7 Å². The summed E-state index contributed by atoms with van der Waals surface area (Å²) in [6.07, 6.45) is 3.50.